The van der Waals surface area contributed by atoms with Crippen molar-refractivity contribution in [3.8, 4) is 11.3 Å². The number of aromatic amines is 1. The molecule has 2 heterocycles. The van der Waals surface area contributed by atoms with Gasteiger partial charge in [-0.25, -0.2) is 8.78 Å². The molecule has 0 aliphatic carbocycles. The van der Waals surface area contributed by atoms with Crippen LogP contribution in [0.4, 0.5) is 14.6 Å². The number of nitrogens with one attached hydrogen (secondary N) is 2. The zero-order valence-electron chi connectivity index (χ0n) is 12.8. The molecule has 1 aliphatic rings. The first-order valence-electron chi connectivity index (χ1n) is 7.62. The Labute approximate surface area is 146 Å². The lowest BCUT2D eigenvalue weighted by atomic mass is 9.84. The minimum absolute atomic E-state index is 0.0513. The highest BCUT2D eigenvalue weighted by molar-refractivity contribution is 6.30. The van der Waals surface area contributed by atoms with Gasteiger partial charge >= 0.3 is 0 Å². The van der Waals surface area contributed by atoms with Crippen LogP contribution < -0.4 is 5.32 Å². The number of halogens is 3. The summed E-state index contributed by atoms with van der Waals surface area (Å²) in [5.41, 5.74) is 2.41. The third-order valence-corrected chi connectivity index (χ3v) is 4.52. The average Bonchev–Trinajstić information content (AvgIpc) is 2.99. The van der Waals surface area contributed by atoms with Crippen LogP contribution in [0.1, 0.15) is 23.5 Å². The number of hydrogen-bond donors (Lipinski definition) is 2. The summed E-state index contributed by atoms with van der Waals surface area (Å²) >= 11 is 5.93. The molecule has 2 N–H and O–H groups in total. The largest absolute Gasteiger partial charge is 0.309 e. The Morgan fingerprint density at radius 1 is 1.12 bits per heavy atom. The first-order chi connectivity index (χ1) is 12.0. The number of amides is 1. The van der Waals surface area contributed by atoms with E-state index in [0.717, 1.165) is 11.6 Å². The van der Waals surface area contributed by atoms with Crippen molar-refractivity contribution in [1.82, 2.24) is 10.2 Å². The average molecular weight is 360 g/mol. The van der Waals surface area contributed by atoms with Crippen LogP contribution >= 0.6 is 11.6 Å². The first kappa shape index (κ1) is 15.8. The maximum atomic E-state index is 14.3. The Bertz CT molecular complexity index is 969. The number of rotatable bonds is 2. The number of fused-ring (bicyclic) bond motifs is 1. The molecule has 1 aliphatic heterocycles. The number of benzene rings is 2. The molecule has 25 heavy (non-hydrogen) atoms. The molecule has 0 saturated carbocycles. The second-order valence-electron chi connectivity index (χ2n) is 5.84. The Kier molecular flexibility index (Phi) is 3.77. The molecule has 0 radical (unpaired) electrons. The Balaban J connectivity index is 1.88. The van der Waals surface area contributed by atoms with Gasteiger partial charge in [0.15, 0.2) is 5.82 Å². The van der Waals surface area contributed by atoms with Crippen LogP contribution in [0.2, 0.25) is 5.02 Å². The molecule has 3 aromatic rings. The highest BCUT2D eigenvalue weighted by atomic mass is 35.5. The predicted molar refractivity (Wildman–Crippen MR) is 90.5 cm³/mol. The Morgan fingerprint density at radius 2 is 1.88 bits per heavy atom. The molecule has 1 atom stereocenters. The Hall–Kier alpha value is -2.73. The molecular formula is C18H12ClF2N3O. The maximum Gasteiger partial charge on any atom is 0.226 e. The minimum Gasteiger partial charge on any atom is -0.309 e. The summed E-state index contributed by atoms with van der Waals surface area (Å²) in [6.07, 6.45) is 0.0513. The zero-order valence-corrected chi connectivity index (χ0v) is 13.6. The normalized spacial score (nSPS) is 16.4. The quantitative estimate of drug-likeness (QED) is 0.708. The van der Waals surface area contributed by atoms with E-state index in [4.69, 9.17) is 11.6 Å². The van der Waals surface area contributed by atoms with Gasteiger partial charge in [-0.3, -0.25) is 9.89 Å². The van der Waals surface area contributed by atoms with Gasteiger partial charge in [0.1, 0.15) is 11.6 Å². The monoisotopic (exact) mass is 359 g/mol. The van der Waals surface area contributed by atoms with E-state index in [1.807, 2.05) is 12.1 Å². The smallest absolute Gasteiger partial charge is 0.226 e. The number of hydrogen-bond acceptors (Lipinski definition) is 2. The van der Waals surface area contributed by atoms with E-state index < -0.39 is 17.6 Å². The van der Waals surface area contributed by atoms with E-state index in [-0.39, 0.29) is 17.9 Å². The van der Waals surface area contributed by atoms with Gasteiger partial charge in [0.05, 0.1) is 5.69 Å². The molecule has 1 unspecified atom stereocenters. The van der Waals surface area contributed by atoms with Crippen molar-refractivity contribution in [3.05, 3.63) is 70.2 Å². The van der Waals surface area contributed by atoms with Crippen molar-refractivity contribution in [1.29, 1.82) is 0 Å². The molecule has 2 aromatic carbocycles. The lowest BCUT2D eigenvalue weighted by Crippen LogP contribution is -2.24. The van der Waals surface area contributed by atoms with Gasteiger partial charge < -0.3 is 5.32 Å². The van der Waals surface area contributed by atoms with Crippen LogP contribution in [0, 0.1) is 11.6 Å². The van der Waals surface area contributed by atoms with Gasteiger partial charge in [0.2, 0.25) is 5.91 Å². The number of carbonyl (C=O) groups is 1. The Morgan fingerprint density at radius 3 is 2.60 bits per heavy atom. The fraction of sp³-hybridized carbons (Fsp3) is 0.111. The standard InChI is InChI=1S/C18H12ClF2N3O/c19-10-3-1-9(2-4-10)17-16-13(8-15(25)22-18(16)24-23-17)12-6-5-11(20)7-14(12)21/h1-7,13H,8H2,(H2,22,23,24,25). The number of carbonyl (C=O) groups excluding carboxylic acids is 1. The fourth-order valence-corrected chi connectivity index (χ4v) is 3.27. The summed E-state index contributed by atoms with van der Waals surface area (Å²) in [6.45, 7) is 0. The summed E-state index contributed by atoms with van der Waals surface area (Å²) in [7, 11) is 0. The third kappa shape index (κ3) is 2.78. The van der Waals surface area contributed by atoms with Gasteiger partial charge in [0.25, 0.3) is 0 Å². The summed E-state index contributed by atoms with van der Waals surface area (Å²) in [5.74, 6) is -1.82. The first-order valence-corrected chi connectivity index (χ1v) is 7.99. The number of H-pyrrole nitrogens is 1. The van der Waals surface area contributed by atoms with Crippen LogP contribution in [0.15, 0.2) is 42.5 Å². The molecule has 126 valence electrons. The lowest BCUT2D eigenvalue weighted by molar-refractivity contribution is -0.116. The molecule has 0 fully saturated rings. The summed E-state index contributed by atoms with van der Waals surface area (Å²) in [6, 6.07) is 10.5. The van der Waals surface area contributed by atoms with Crippen molar-refractivity contribution in [3.63, 3.8) is 0 Å². The van der Waals surface area contributed by atoms with E-state index in [1.54, 1.807) is 12.1 Å². The molecule has 4 rings (SSSR count). The molecule has 1 amide bonds. The zero-order chi connectivity index (χ0) is 17.6. The second-order valence-corrected chi connectivity index (χ2v) is 6.27. The van der Waals surface area contributed by atoms with Crippen LogP contribution in [0.25, 0.3) is 11.3 Å². The molecule has 0 bridgehead atoms. The van der Waals surface area contributed by atoms with E-state index in [1.165, 1.54) is 12.1 Å². The van der Waals surface area contributed by atoms with Gasteiger partial charge in [-0.1, -0.05) is 29.8 Å². The van der Waals surface area contributed by atoms with Crippen molar-refractivity contribution in [2.75, 3.05) is 5.32 Å². The van der Waals surface area contributed by atoms with Crippen molar-refractivity contribution in [2.24, 2.45) is 0 Å². The van der Waals surface area contributed by atoms with Crippen LogP contribution in [0.5, 0.6) is 0 Å². The molecule has 1 aromatic heterocycles. The highest BCUT2D eigenvalue weighted by Gasteiger charge is 2.33. The van der Waals surface area contributed by atoms with Gasteiger partial charge in [-0.05, 0) is 23.8 Å². The van der Waals surface area contributed by atoms with Gasteiger partial charge in [-0.2, -0.15) is 5.10 Å². The van der Waals surface area contributed by atoms with E-state index in [9.17, 15) is 13.6 Å². The fourth-order valence-electron chi connectivity index (χ4n) is 3.14. The highest BCUT2D eigenvalue weighted by Crippen LogP contribution is 2.42. The summed E-state index contributed by atoms with van der Waals surface area (Å²) in [4.78, 5) is 12.0. The number of aromatic nitrogens is 2. The minimum atomic E-state index is -0.686. The predicted octanol–water partition coefficient (Wildman–Crippen LogP) is 4.48. The third-order valence-electron chi connectivity index (χ3n) is 4.27. The van der Waals surface area contributed by atoms with Crippen LogP contribution in [0.3, 0.4) is 0 Å². The molecule has 0 spiro atoms. The van der Waals surface area contributed by atoms with Crippen LogP contribution in [-0.2, 0) is 4.79 Å². The van der Waals surface area contributed by atoms with Crippen molar-refractivity contribution >= 4 is 23.3 Å². The van der Waals surface area contributed by atoms with Crippen molar-refractivity contribution in [2.45, 2.75) is 12.3 Å². The second kappa shape index (κ2) is 5.97. The molecule has 7 heteroatoms. The summed E-state index contributed by atoms with van der Waals surface area (Å²) in [5, 5.41) is 10.3. The molecule has 0 saturated heterocycles. The number of anilines is 1. The topological polar surface area (TPSA) is 57.8 Å². The number of nitrogens with zero attached hydrogens (tertiary/aromatic N) is 1. The SMILES string of the molecule is O=C1CC(c2ccc(F)cc2F)c2c(n[nH]c2-c2ccc(Cl)cc2)N1. The van der Waals surface area contributed by atoms with E-state index in [2.05, 4.69) is 15.5 Å². The van der Waals surface area contributed by atoms with Gasteiger partial charge in [-0.15, -0.1) is 0 Å². The van der Waals surface area contributed by atoms with E-state index in [0.29, 0.717) is 22.1 Å². The maximum absolute atomic E-state index is 14.3. The van der Waals surface area contributed by atoms with Crippen molar-refractivity contribution < 1.29 is 13.6 Å². The molecular weight excluding hydrogens is 348 g/mol. The van der Waals surface area contributed by atoms with Crippen LogP contribution in [-0.4, -0.2) is 16.1 Å². The van der Waals surface area contributed by atoms with Gasteiger partial charge in [0, 0.05) is 34.6 Å². The van der Waals surface area contributed by atoms with E-state index >= 15 is 0 Å². The summed E-state index contributed by atoms with van der Waals surface area (Å²) < 4.78 is 27.6. The molecule has 4 nitrogen and oxygen atoms in total. The lowest BCUT2D eigenvalue weighted by Gasteiger charge is -2.24.